The first-order chi connectivity index (χ1) is 8.16. The molecule has 0 saturated carbocycles. The van der Waals surface area contributed by atoms with Crippen molar-refractivity contribution < 1.29 is 4.74 Å². The molecule has 3 rings (SSSR count). The van der Waals surface area contributed by atoms with Crippen LogP contribution in [0.3, 0.4) is 0 Å². The van der Waals surface area contributed by atoms with E-state index in [1.807, 2.05) is 12.3 Å². The molecule has 0 unspecified atom stereocenters. The Bertz CT molecular complexity index is 534. The lowest BCUT2D eigenvalue weighted by atomic mass is 10.1. The van der Waals surface area contributed by atoms with E-state index >= 15 is 0 Å². The fourth-order valence-electron chi connectivity index (χ4n) is 2.31. The quantitative estimate of drug-likeness (QED) is 0.811. The average Bonchev–Trinajstić information content (AvgIpc) is 2.75. The molecule has 0 aromatic carbocycles. The number of nitrogens with zero attached hydrogens (tertiary/aromatic N) is 3. The molecule has 0 spiro atoms. The Kier molecular flexibility index (Phi) is 2.29. The van der Waals surface area contributed by atoms with Crippen LogP contribution in [0.15, 0.2) is 18.6 Å². The highest BCUT2D eigenvalue weighted by atomic mass is 16.5. The summed E-state index contributed by atoms with van der Waals surface area (Å²) >= 11 is 0. The van der Waals surface area contributed by atoms with Crippen molar-refractivity contribution in [2.75, 3.05) is 24.6 Å². The number of ether oxygens (including phenoxy) is 1. The van der Waals surface area contributed by atoms with Crippen LogP contribution >= 0.6 is 0 Å². The smallest absolute Gasteiger partial charge is 0.142 e. The molecule has 5 heteroatoms. The van der Waals surface area contributed by atoms with Crippen LogP contribution in [0.25, 0.3) is 11.0 Å². The van der Waals surface area contributed by atoms with Gasteiger partial charge in [-0.25, -0.2) is 9.97 Å². The first-order valence-electron chi connectivity index (χ1n) is 5.83. The van der Waals surface area contributed by atoms with Crippen molar-refractivity contribution in [1.82, 2.24) is 15.0 Å². The summed E-state index contributed by atoms with van der Waals surface area (Å²) in [7, 11) is 0. The number of hydrogen-bond acceptors (Lipinski definition) is 4. The van der Waals surface area contributed by atoms with Crippen LogP contribution in [0.2, 0.25) is 0 Å². The Morgan fingerprint density at radius 2 is 2.29 bits per heavy atom. The van der Waals surface area contributed by atoms with Crippen LogP contribution in [0, 0.1) is 0 Å². The van der Waals surface area contributed by atoms with Crippen molar-refractivity contribution in [2.24, 2.45) is 0 Å². The molecule has 5 nitrogen and oxygen atoms in total. The van der Waals surface area contributed by atoms with E-state index in [0.29, 0.717) is 0 Å². The number of aromatic nitrogens is 3. The van der Waals surface area contributed by atoms with Crippen molar-refractivity contribution in [1.29, 1.82) is 0 Å². The summed E-state index contributed by atoms with van der Waals surface area (Å²) in [5.41, 5.74) is 0.769. The van der Waals surface area contributed by atoms with Gasteiger partial charge in [-0.2, -0.15) is 0 Å². The highest BCUT2D eigenvalue weighted by Gasteiger charge is 2.28. The molecule has 17 heavy (non-hydrogen) atoms. The number of aromatic amines is 1. The lowest BCUT2D eigenvalue weighted by Gasteiger charge is -2.38. The summed E-state index contributed by atoms with van der Waals surface area (Å²) in [4.78, 5) is 14.0. The molecule has 0 aliphatic carbocycles. The van der Waals surface area contributed by atoms with E-state index < -0.39 is 0 Å². The van der Waals surface area contributed by atoms with E-state index in [0.717, 1.165) is 36.5 Å². The Labute approximate surface area is 99.8 Å². The largest absolute Gasteiger partial charge is 0.372 e. The minimum absolute atomic E-state index is 0.119. The maximum absolute atomic E-state index is 5.72. The first-order valence-corrected chi connectivity index (χ1v) is 5.83. The van der Waals surface area contributed by atoms with Crippen molar-refractivity contribution in [3.05, 3.63) is 18.6 Å². The van der Waals surface area contributed by atoms with Crippen molar-refractivity contribution >= 4 is 16.9 Å². The average molecular weight is 232 g/mol. The fraction of sp³-hybridized carbons (Fsp3) is 0.500. The normalized spacial score (nSPS) is 19.8. The molecule has 1 saturated heterocycles. The summed E-state index contributed by atoms with van der Waals surface area (Å²) in [5.74, 6) is 0.993. The van der Waals surface area contributed by atoms with Crippen LogP contribution in [-0.2, 0) is 4.74 Å². The third kappa shape index (κ3) is 1.86. The lowest BCUT2D eigenvalue weighted by Crippen LogP contribution is -2.48. The second-order valence-corrected chi connectivity index (χ2v) is 4.97. The maximum atomic E-state index is 5.72. The summed E-state index contributed by atoms with van der Waals surface area (Å²) in [6, 6.07) is 2.02. The third-order valence-electron chi connectivity index (χ3n) is 3.06. The number of anilines is 1. The summed E-state index contributed by atoms with van der Waals surface area (Å²) in [5, 5.41) is 1.07. The van der Waals surface area contributed by atoms with Gasteiger partial charge < -0.3 is 14.6 Å². The molecular weight excluding hydrogens is 216 g/mol. The van der Waals surface area contributed by atoms with Crippen LogP contribution in [-0.4, -0.2) is 40.2 Å². The number of hydrogen-bond donors (Lipinski definition) is 1. The van der Waals surface area contributed by atoms with Gasteiger partial charge in [0.15, 0.2) is 0 Å². The summed E-state index contributed by atoms with van der Waals surface area (Å²) in [6.45, 7) is 6.68. The zero-order valence-electron chi connectivity index (χ0n) is 10.1. The molecule has 1 aliphatic heterocycles. The van der Waals surface area contributed by atoms with Gasteiger partial charge in [0.1, 0.15) is 17.8 Å². The zero-order chi connectivity index (χ0) is 11.9. The molecule has 0 bridgehead atoms. The Morgan fingerprint density at radius 3 is 3.12 bits per heavy atom. The molecule has 0 atom stereocenters. The van der Waals surface area contributed by atoms with E-state index in [1.165, 1.54) is 0 Å². The highest BCUT2D eigenvalue weighted by Crippen LogP contribution is 2.26. The van der Waals surface area contributed by atoms with E-state index in [-0.39, 0.29) is 5.60 Å². The topological polar surface area (TPSA) is 54.0 Å². The summed E-state index contributed by atoms with van der Waals surface area (Å²) < 4.78 is 5.72. The predicted octanol–water partition coefficient (Wildman–Crippen LogP) is 1.57. The Morgan fingerprint density at radius 1 is 1.41 bits per heavy atom. The van der Waals surface area contributed by atoms with E-state index in [2.05, 4.69) is 33.7 Å². The third-order valence-corrected chi connectivity index (χ3v) is 3.06. The van der Waals surface area contributed by atoms with E-state index in [4.69, 9.17) is 4.74 Å². The Hall–Kier alpha value is -1.62. The number of H-pyrrole nitrogens is 1. The van der Waals surface area contributed by atoms with Gasteiger partial charge in [-0.15, -0.1) is 0 Å². The van der Waals surface area contributed by atoms with Crippen molar-refractivity contribution in [2.45, 2.75) is 19.4 Å². The molecule has 0 amide bonds. The number of fused-ring (bicyclic) bond motifs is 1. The van der Waals surface area contributed by atoms with Gasteiger partial charge in [0, 0.05) is 19.3 Å². The van der Waals surface area contributed by atoms with Crippen LogP contribution in [0.4, 0.5) is 5.82 Å². The van der Waals surface area contributed by atoms with Crippen LogP contribution in [0.1, 0.15) is 13.8 Å². The Balaban J connectivity index is 2.00. The second-order valence-electron chi connectivity index (χ2n) is 4.97. The van der Waals surface area contributed by atoms with E-state index in [9.17, 15) is 0 Å². The second kappa shape index (κ2) is 3.70. The van der Waals surface area contributed by atoms with Gasteiger partial charge in [0.2, 0.25) is 0 Å². The SMILES string of the molecule is CC1(C)CN(c2ncnc3[nH]ccc23)CCO1. The van der Waals surface area contributed by atoms with Gasteiger partial charge in [0.25, 0.3) is 0 Å². The van der Waals surface area contributed by atoms with Gasteiger partial charge in [-0.1, -0.05) is 0 Å². The molecule has 0 radical (unpaired) electrons. The zero-order valence-corrected chi connectivity index (χ0v) is 10.1. The lowest BCUT2D eigenvalue weighted by molar-refractivity contribution is -0.0278. The minimum atomic E-state index is -0.119. The van der Waals surface area contributed by atoms with Gasteiger partial charge in [-0.3, -0.25) is 0 Å². The van der Waals surface area contributed by atoms with Gasteiger partial charge >= 0.3 is 0 Å². The number of nitrogens with one attached hydrogen (secondary N) is 1. The summed E-state index contributed by atoms with van der Waals surface area (Å²) in [6.07, 6.45) is 3.51. The molecular formula is C12H16N4O. The van der Waals surface area contributed by atoms with Gasteiger partial charge in [-0.05, 0) is 19.9 Å². The van der Waals surface area contributed by atoms with Crippen molar-refractivity contribution in [3.63, 3.8) is 0 Å². The predicted molar refractivity (Wildman–Crippen MR) is 66.1 cm³/mol. The standard InChI is InChI=1S/C12H16N4O/c1-12(2)7-16(5-6-17-12)11-9-3-4-13-10(9)14-8-15-11/h3-4,8H,5-7H2,1-2H3,(H,13,14,15). The highest BCUT2D eigenvalue weighted by molar-refractivity contribution is 5.87. The number of morpholine rings is 1. The van der Waals surface area contributed by atoms with Crippen LogP contribution in [0.5, 0.6) is 0 Å². The minimum Gasteiger partial charge on any atom is -0.372 e. The van der Waals surface area contributed by atoms with Gasteiger partial charge in [0.05, 0.1) is 17.6 Å². The molecule has 1 aliphatic rings. The van der Waals surface area contributed by atoms with Crippen molar-refractivity contribution in [3.8, 4) is 0 Å². The first kappa shape index (κ1) is 10.5. The molecule has 3 heterocycles. The van der Waals surface area contributed by atoms with Crippen LogP contribution < -0.4 is 4.90 Å². The molecule has 2 aromatic heterocycles. The molecule has 90 valence electrons. The number of rotatable bonds is 1. The fourth-order valence-corrected chi connectivity index (χ4v) is 2.31. The maximum Gasteiger partial charge on any atom is 0.142 e. The van der Waals surface area contributed by atoms with E-state index in [1.54, 1.807) is 6.33 Å². The monoisotopic (exact) mass is 232 g/mol. The molecule has 2 aromatic rings. The molecule has 1 N–H and O–H groups in total. The molecule has 1 fully saturated rings.